The Bertz CT molecular complexity index is 630. The van der Waals surface area contributed by atoms with E-state index >= 15 is 0 Å². The fourth-order valence-electron chi connectivity index (χ4n) is 1.62. The van der Waals surface area contributed by atoms with E-state index in [-0.39, 0.29) is 11.4 Å². The summed E-state index contributed by atoms with van der Waals surface area (Å²) < 4.78 is 26.5. The predicted molar refractivity (Wildman–Crippen MR) is 65.5 cm³/mol. The molecule has 0 aliphatic carbocycles. The summed E-state index contributed by atoms with van der Waals surface area (Å²) in [5.74, 6) is -0.887. The molecule has 0 spiro atoms. The molecule has 0 aromatic heterocycles. The Hall–Kier alpha value is -2.41. The zero-order valence-corrected chi connectivity index (χ0v) is 9.67. The number of aryl methyl sites for hydroxylation is 1. The molecule has 0 atom stereocenters. The van der Waals surface area contributed by atoms with Crippen molar-refractivity contribution in [2.75, 3.05) is 5.32 Å². The van der Waals surface area contributed by atoms with Gasteiger partial charge in [0.25, 0.3) is 0 Å². The van der Waals surface area contributed by atoms with Crippen LogP contribution in [-0.2, 0) is 0 Å². The van der Waals surface area contributed by atoms with Gasteiger partial charge < -0.3 is 5.32 Å². The van der Waals surface area contributed by atoms with Crippen LogP contribution in [0.3, 0.4) is 0 Å². The number of hydrogen-bond donors (Lipinski definition) is 1. The summed E-state index contributed by atoms with van der Waals surface area (Å²) in [7, 11) is 0. The molecule has 2 rings (SSSR count). The quantitative estimate of drug-likeness (QED) is 0.869. The van der Waals surface area contributed by atoms with Gasteiger partial charge in [-0.3, -0.25) is 0 Å². The van der Waals surface area contributed by atoms with Gasteiger partial charge in [0.1, 0.15) is 23.3 Å². The maximum atomic E-state index is 13.4. The first-order valence-corrected chi connectivity index (χ1v) is 5.33. The Morgan fingerprint density at radius 3 is 2.56 bits per heavy atom. The van der Waals surface area contributed by atoms with Gasteiger partial charge in [-0.1, -0.05) is 6.07 Å². The molecule has 4 heteroatoms. The van der Waals surface area contributed by atoms with Crippen LogP contribution in [0.15, 0.2) is 36.4 Å². The minimum absolute atomic E-state index is 0.0560. The summed E-state index contributed by atoms with van der Waals surface area (Å²) in [5, 5.41) is 11.8. The van der Waals surface area contributed by atoms with Gasteiger partial charge in [0, 0.05) is 5.69 Å². The summed E-state index contributed by atoms with van der Waals surface area (Å²) in [5.41, 5.74) is 1.40. The molecule has 0 saturated heterocycles. The first-order chi connectivity index (χ1) is 8.61. The molecule has 1 N–H and O–H groups in total. The number of nitrogens with zero attached hydrogens (tertiary/aromatic N) is 1. The van der Waals surface area contributed by atoms with Crippen molar-refractivity contribution in [3.63, 3.8) is 0 Å². The molecule has 0 amide bonds. The molecule has 0 aliphatic rings. The second-order valence-corrected chi connectivity index (χ2v) is 3.86. The van der Waals surface area contributed by atoms with Crippen molar-refractivity contribution in [1.29, 1.82) is 5.26 Å². The minimum atomic E-state index is -0.582. The molecule has 0 saturated carbocycles. The van der Waals surface area contributed by atoms with Crippen molar-refractivity contribution in [1.82, 2.24) is 0 Å². The second-order valence-electron chi connectivity index (χ2n) is 3.86. The highest BCUT2D eigenvalue weighted by molar-refractivity contribution is 5.67. The van der Waals surface area contributed by atoms with E-state index in [2.05, 4.69) is 5.32 Å². The molecule has 2 nitrogen and oxygen atoms in total. The van der Waals surface area contributed by atoms with Crippen LogP contribution >= 0.6 is 0 Å². The predicted octanol–water partition coefficient (Wildman–Crippen LogP) is 3.89. The largest absolute Gasteiger partial charge is 0.354 e. The van der Waals surface area contributed by atoms with Crippen LogP contribution in [0.2, 0.25) is 0 Å². The van der Waals surface area contributed by atoms with Crippen molar-refractivity contribution in [2.45, 2.75) is 6.92 Å². The number of hydrogen-bond acceptors (Lipinski definition) is 2. The Morgan fingerprint density at radius 2 is 1.89 bits per heavy atom. The maximum Gasteiger partial charge on any atom is 0.143 e. The topological polar surface area (TPSA) is 35.8 Å². The Kier molecular flexibility index (Phi) is 3.24. The van der Waals surface area contributed by atoms with Crippen LogP contribution in [0.5, 0.6) is 0 Å². The second kappa shape index (κ2) is 4.84. The Morgan fingerprint density at radius 1 is 1.11 bits per heavy atom. The molecule has 90 valence electrons. The molecule has 0 fully saturated rings. The maximum absolute atomic E-state index is 13.4. The van der Waals surface area contributed by atoms with E-state index in [1.54, 1.807) is 25.1 Å². The van der Waals surface area contributed by atoms with Gasteiger partial charge in [-0.15, -0.1) is 0 Å². The number of halogens is 2. The zero-order chi connectivity index (χ0) is 13.1. The highest BCUT2D eigenvalue weighted by Crippen LogP contribution is 2.23. The van der Waals surface area contributed by atoms with Crippen LogP contribution in [-0.4, -0.2) is 0 Å². The van der Waals surface area contributed by atoms with Gasteiger partial charge in [-0.25, -0.2) is 8.78 Å². The molecule has 0 aliphatic heterocycles. The van der Waals surface area contributed by atoms with Crippen molar-refractivity contribution < 1.29 is 8.78 Å². The normalized spacial score (nSPS) is 9.89. The molecular formula is C14H10F2N2. The number of nitrogens with one attached hydrogen (secondary N) is 1. The van der Waals surface area contributed by atoms with E-state index in [0.717, 1.165) is 0 Å². The van der Waals surface area contributed by atoms with E-state index in [1.165, 1.54) is 24.3 Å². The smallest absolute Gasteiger partial charge is 0.143 e. The first kappa shape index (κ1) is 12.1. The molecule has 0 unspecified atom stereocenters. The lowest BCUT2D eigenvalue weighted by Gasteiger charge is -2.09. The van der Waals surface area contributed by atoms with Gasteiger partial charge in [-0.2, -0.15) is 5.26 Å². The fraction of sp³-hybridized carbons (Fsp3) is 0.0714. The van der Waals surface area contributed by atoms with E-state index in [4.69, 9.17) is 5.26 Å². The standard InChI is InChI=1S/C14H10F2N2/c1-9-7-10(5-6-12(9)15)18-14-4-2-3-13(16)11(14)8-17/h2-7,18H,1H3. The highest BCUT2D eigenvalue weighted by Gasteiger charge is 2.08. The summed E-state index contributed by atoms with van der Waals surface area (Å²) in [4.78, 5) is 0. The van der Waals surface area contributed by atoms with Crippen molar-refractivity contribution in [3.05, 3.63) is 59.2 Å². The van der Waals surface area contributed by atoms with Crippen LogP contribution in [0.4, 0.5) is 20.2 Å². The van der Waals surface area contributed by atoms with Crippen LogP contribution in [0.25, 0.3) is 0 Å². The Labute approximate surface area is 103 Å². The summed E-state index contributed by atoms with van der Waals surface area (Å²) >= 11 is 0. The third-order valence-corrected chi connectivity index (χ3v) is 2.56. The number of nitriles is 1. The molecule has 0 bridgehead atoms. The highest BCUT2D eigenvalue weighted by atomic mass is 19.1. The molecule has 0 radical (unpaired) electrons. The minimum Gasteiger partial charge on any atom is -0.354 e. The lowest BCUT2D eigenvalue weighted by Crippen LogP contribution is -1.96. The summed E-state index contributed by atoms with van der Waals surface area (Å²) in [6.07, 6.45) is 0. The molecular weight excluding hydrogens is 234 g/mol. The van der Waals surface area contributed by atoms with Crippen molar-refractivity contribution >= 4 is 11.4 Å². The molecule has 2 aromatic carbocycles. The average molecular weight is 244 g/mol. The summed E-state index contributed by atoms with van der Waals surface area (Å²) in [6, 6.07) is 10.6. The van der Waals surface area contributed by atoms with Gasteiger partial charge >= 0.3 is 0 Å². The van der Waals surface area contributed by atoms with Gasteiger partial charge in [0.05, 0.1) is 5.69 Å². The molecule has 0 heterocycles. The van der Waals surface area contributed by atoms with Gasteiger partial charge in [0.15, 0.2) is 0 Å². The van der Waals surface area contributed by atoms with Crippen molar-refractivity contribution in [3.8, 4) is 6.07 Å². The summed E-state index contributed by atoms with van der Waals surface area (Å²) in [6.45, 7) is 1.64. The zero-order valence-electron chi connectivity index (χ0n) is 9.67. The average Bonchev–Trinajstić information content (AvgIpc) is 2.34. The van der Waals surface area contributed by atoms with E-state index in [9.17, 15) is 8.78 Å². The van der Waals surface area contributed by atoms with Gasteiger partial charge in [0.2, 0.25) is 0 Å². The first-order valence-electron chi connectivity index (χ1n) is 5.33. The lowest BCUT2D eigenvalue weighted by atomic mass is 10.1. The SMILES string of the molecule is Cc1cc(Nc2cccc(F)c2C#N)ccc1F. The number of benzene rings is 2. The monoisotopic (exact) mass is 244 g/mol. The number of rotatable bonds is 2. The fourth-order valence-corrected chi connectivity index (χ4v) is 1.62. The van der Waals surface area contributed by atoms with E-state index < -0.39 is 5.82 Å². The third kappa shape index (κ3) is 2.30. The molecule has 2 aromatic rings. The van der Waals surface area contributed by atoms with Crippen molar-refractivity contribution in [2.24, 2.45) is 0 Å². The Balaban J connectivity index is 2.37. The van der Waals surface area contributed by atoms with Gasteiger partial charge in [-0.05, 0) is 42.8 Å². The van der Waals surface area contributed by atoms with Crippen LogP contribution in [0.1, 0.15) is 11.1 Å². The third-order valence-electron chi connectivity index (χ3n) is 2.56. The van der Waals surface area contributed by atoms with E-state index in [1.807, 2.05) is 0 Å². The number of anilines is 2. The lowest BCUT2D eigenvalue weighted by molar-refractivity contribution is 0.618. The van der Waals surface area contributed by atoms with E-state index in [0.29, 0.717) is 16.9 Å². The molecule has 18 heavy (non-hydrogen) atoms. The van der Waals surface area contributed by atoms with Crippen LogP contribution in [0, 0.1) is 29.9 Å². The van der Waals surface area contributed by atoms with Crippen LogP contribution < -0.4 is 5.32 Å².